The standard InChI is InChI=1S/C16H19N3O3S3/c1-23-10-7-14(15(20)18-16-17-9-11-24-16)19-25(21,22)12-8-13-5-3-2-4-6-13/h2-6,8-9,11-12,14,19H,7,10H2,1H3,(H,17,18,20)/b12-8+/t14-/m0/s1. The maximum atomic E-state index is 12.4. The summed E-state index contributed by atoms with van der Waals surface area (Å²) in [7, 11) is -3.75. The fourth-order valence-electron chi connectivity index (χ4n) is 1.93. The van der Waals surface area contributed by atoms with Crippen LogP contribution in [0.25, 0.3) is 6.08 Å². The second-order valence-electron chi connectivity index (χ2n) is 5.04. The zero-order chi connectivity index (χ0) is 18.1. The molecule has 0 aliphatic carbocycles. The second kappa shape index (κ2) is 9.71. The first-order valence-corrected chi connectivity index (χ1v) is 11.3. The van der Waals surface area contributed by atoms with Crippen LogP contribution in [0, 0.1) is 0 Å². The molecule has 2 aromatic rings. The quantitative estimate of drug-likeness (QED) is 0.679. The molecule has 9 heteroatoms. The Labute approximate surface area is 155 Å². The van der Waals surface area contributed by atoms with E-state index in [1.807, 2.05) is 24.5 Å². The summed E-state index contributed by atoms with van der Waals surface area (Å²) < 4.78 is 27.0. The van der Waals surface area contributed by atoms with E-state index in [1.54, 1.807) is 35.5 Å². The molecule has 1 heterocycles. The third-order valence-corrected chi connectivity index (χ3v) is 5.58. The van der Waals surface area contributed by atoms with Crippen LogP contribution in [0.5, 0.6) is 0 Å². The molecule has 1 aromatic heterocycles. The average Bonchev–Trinajstić information content (AvgIpc) is 3.10. The van der Waals surface area contributed by atoms with Gasteiger partial charge in [0.05, 0.1) is 0 Å². The summed E-state index contributed by atoms with van der Waals surface area (Å²) in [5.41, 5.74) is 0.765. The zero-order valence-electron chi connectivity index (χ0n) is 13.6. The molecule has 0 spiro atoms. The Hall–Kier alpha value is -1.68. The van der Waals surface area contributed by atoms with Crippen LogP contribution in [0.15, 0.2) is 47.3 Å². The van der Waals surface area contributed by atoms with Crippen LogP contribution in [0.3, 0.4) is 0 Å². The number of hydrogen-bond donors (Lipinski definition) is 2. The first-order valence-electron chi connectivity index (χ1n) is 7.45. The van der Waals surface area contributed by atoms with E-state index in [9.17, 15) is 13.2 Å². The lowest BCUT2D eigenvalue weighted by Gasteiger charge is -2.16. The summed E-state index contributed by atoms with van der Waals surface area (Å²) in [5.74, 6) is 0.238. The van der Waals surface area contributed by atoms with Gasteiger partial charge in [0, 0.05) is 17.0 Å². The topological polar surface area (TPSA) is 88.2 Å². The van der Waals surface area contributed by atoms with Crippen LogP contribution in [0.2, 0.25) is 0 Å². The van der Waals surface area contributed by atoms with Crippen molar-refractivity contribution < 1.29 is 13.2 Å². The number of benzene rings is 1. The van der Waals surface area contributed by atoms with Crippen molar-refractivity contribution in [2.24, 2.45) is 0 Å². The van der Waals surface area contributed by atoms with Crippen molar-refractivity contribution in [2.45, 2.75) is 12.5 Å². The Kier molecular flexibility index (Phi) is 7.63. The fourth-order valence-corrected chi connectivity index (χ4v) is 3.97. The number of hydrogen-bond acceptors (Lipinski definition) is 6. The van der Waals surface area contributed by atoms with Crippen molar-refractivity contribution in [2.75, 3.05) is 17.3 Å². The minimum atomic E-state index is -3.75. The summed E-state index contributed by atoms with van der Waals surface area (Å²) in [4.78, 5) is 16.3. The first-order chi connectivity index (χ1) is 12.0. The van der Waals surface area contributed by atoms with Crippen LogP contribution in [0.4, 0.5) is 5.13 Å². The van der Waals surface area contributed by atoms with E-state index >= 15 is 0 Å². The Morgan fingerprint density at radius 2 is 2.12 bits per heavy atom. The smallest absolute Gasteiger partial charge is 0.244 e. The number of rotatable bonds is 9. The van der Waals surface area contributed by atoms with Gasteiger partial charge < -0.3 is 5.32 Å². The number of thiazole rings is 1. The van der Waals surface area contributed by atoms with E-state index in [4.69, 9.17) is 0 Å². The predicted molar refractivity (Wildman–Crippen MR) is 105 cm³/mol. The van der Waals surface area contributed by atoms with Gasteiger partial charge in [0.15, 0.2) is 5.13 Å². The summed E-state index contributed by atoms with van der Waals surface area (Å²) in [6.07, 6.45) is 5.35. The summed E-state index contributed by atoms with van der Waals surface area (Å²) in [6, 6.07) is 8.23. The van der Waals surface area contributed by atoms with Crippen LogP contribution in [-0.2, 0) is 14.8 Å². The van der Waals surface area contributed by atoms with Crippen molar-refractivity contribution in [3.05, 3.63) is 52.9 Å². The number of anilines is 1. The molecule has 0 aliphatic heterocycles. The highest BCUT2D eigenvalue weighted by molar-refractivity contribution is 7.98. The van der Waals surface area contributed by atoms with E-state index in [-0.39, 0.29) is 0 Å². The number of amides is 1. The van der Waals surface area contributed by atoms with Crippen LogP contribution < -0.4 is 10.0 Å². The van der Waals surface area contributed by atoms with Crippen molar-refractivity contribution in [3.63, 3.8) is 0 Å². The highest BCUT2D eigenvalue weighted by atomic mass is 32.2. The molecule has 6 nitrogen and oxygen atoms in total. The minimum Gasteiger partial charge on any atom is -0.301 e. The Morgan fingerprint density at radius 1 is 1.36 bits per heavy atom. The molecule has 0 radical (unpaired) electrons. The van der Waals surface area contributed by atoms with Gasteiger partial charge in [-0.3, -0.25) is 4.79 Å². The summed E-state index contributed by atoms with van der Waals surface area (Å²) in [6.45, 7) is 0. The highest BCUT2D eigenvalue weighted by Crippen LogP contribution is 2.12. The maximum Gasteiger partial charge on any atom is 0.244 e. The monoisotopic (exact) mass is 397 g/mol. The molecule has 0 unspecified atom stereocenters. The van der Waals surface area contributed by atoms with Gasteiger partial charge >= 0.3 is 0 Å². The zero-order valence-corrected chi connectivity index (χ0v) is 16.0. The lowest BCUT2D eigenvalue weighted by atomic mass is 10.2. The van der Waals surface area contributed by atoms with Gasteiger partial charge in [-0.25, -0.2) is 13.4 Å². The molecule has 1 aromatic carbocycles. The van der Waals surface area contributed by atoms with Crippen LogP contribution in [0.1, 0.15) is 12.0 Å². The van der Waals surface area contributed by atoms with E-state index < -0.39 is 22.0 Å². The Morgan fingerprint density at radius 3 is 2.76 bits per heavy atom. The Balaban J connectivity index is 2.06. The number of carbonyl (C=O) groups excluding carboxylic acids is 1. The molecule has 1 atom stereocenters. The molecule has 0 saturated carbocycles. The molecule has 0 saturated heterocycles. The van der Waals surface area contributed by atoms with E-state index in [2.05, 4.69) is 15.0 Å². The number of sulfonamides is 1. The number of nitrogens with one attached hydrogen (secondary N) is 2. The highest BCUT2D eigenvalue weighted by Gasteiger charge is 2.23. The van der Waals surface area contributed by atoms with Crippen molar-refractivity contribution in [1.29, 1.82) is 0 Å². The molecule has 0 bridgehead atoms. The molecular formula is C16H19N3O3S3. The average molecular weight is 398 g/mol. The molecule has 2 rings (SSSR count). The van der Waals surface area contributed by atoms with Gasteiger partial charge in [0.25, 0.3) is 0 Å². The van der Waals surface area contributed by atoms with Gasteiger partial charge in [-0.15, -0.1) is 11.3 Å². The van der Waals surface area contributed by atoms with Crippen LogP contribution >= 0.6 is 23.1 Å². The van der Waals surface area contributed by atoms with E-state index in [0.717, 1.165) is 11.0 Å². The Bertz CT molecular complexity index is 791. The predicted octanol–water partition coefficient (Wildman–Crippen LogP) is 2.79. The van der Waals surface area contributed by atoms with E-state index in [1.165, 1.54) is 17.4 Å². The number of aromatic nitrogens is 1. The van der Waals surface area contributed by atoms with Gasteiger partial charge in [-0.1, -0.05) is 30.3 Å². The molecule has 0 fully saturated rings. The molecule has 0 aliphatic rings. The third kappa shape index (κ3) is 6.99. The molecule has 1 amide bonds. The molecular weight excluding hydrogens is 378 g/mol. The maximum absolute atomic E-state index is 12.4. The van der Waals surface area contributed by atoms with Gasteiger partial charge in [-0.05, 0) is 30.1 Å². The van der Waals surface area contributed by atoms with Gasteiger partial charge in [0.2, 0.25) is 15.9 Å². The molecule has 25 heavy (non-hydrogen) atoms. The SMILES string of the molecule is CSCC[C@H](NS(=O)(=O)/C=C/c1ccccc1)C(=O)Nc1nccs1. The molecule has 134 valence electrons. The van der Waals surface area contributed by atoms with Gasteiger partial charge in [-0.2, -0.15) is 16.5 Å². The van der Waals surface area contributed by atoms with Crippen molar-refractivity contribution in [3.8, 4) is 0 Å². The summed E-state index contributed by atoms with van der Waals surface area (Å²) in [5, 5.41) is 5.89. The van der Waals surface area contributed by atoms with Gasteiger partial charge in [0.1, 0.15) is 6.04 Å². The first kappa shape index (κ1) is 19.6. The largest absolute Gasteiger partial charge is 0.301 e. The molecule has 2 N–H and O–H groups in total. The van der Waals surface area contributed by atoms with Crippen molar-refractivity contribution in [1.82, 2.24) is 9.71 Å². The van der Waals surface area contributed by atoms with Crippen molar-refractivity contribution >= 4 is 50.2 Å². The number of thioether (sulfide) groups is 1. The van der Waals surface area contributed by atoms with E-state index in [0.29, 0.717) is 17.3 Å². The normalized spacial score (nSPS) is 13.0. The second-order valence-corrected chi connectivity index (χ2v) is 8.51. The number of nitrogens with zero attached hydrogens (tertiary/aromatic N) is 1. The third-order valence-electron chi connectivity index (χ3n) is 3.14. The lowest BCUT2D eigenvalue weighted by Crippen LogP contribution is -2.43. The van der Waals surface area contributed by atoms with Crippen LogP contribution in [-0.4, -0.2) is 37.4 Å². The lowest BCUT2D eigenvalue weighted by molar-refractivity contribution is -0.117. The minimum absolute atomic E-state index is 0.386. The fraction of sp³-hybridized carbons (Fsp3) is 0.250. The number of carbonyl (C=O) groups is 1. The summed E-state index contributed by atoms with van der Waals surface area (Å²) >= 11 is 2.82.